The summed E-state index contributed by atoms with van der Waals surface area (Å²) in [4.78, 5) is 25.6. The Kier molecular flexibility index (Phi) is 5.53. The molecule has 2 aromatic carbocycles. The van der Waals surface area contributed by atoms with E-state index in [0.717, 1.165) is 0 Å². The Labute approximate surface area is 177 Å². The molecule has 0 saturated heterocycles. The van der Waals surface area contributed by atoms with E-state index >= 15 is 0 Å². The fourth-order valence-electron chi connectivity index (χ4n) is 5.17. The van der Waals surface area contributed by atoms with Gasteiger partial charge in [-0.15, -0.1) is 0 Å². The molecule has 0 aromatic heterocycles. The SMILES string of the molecule is C[C@]12CCC(=O)C(CS(=O)(=O)c3ccccc3)C1CC[C@@H]2OC(=O)c1ccccc1. The molecule has 2 aliphatic rings. The number of hydrogen-bond donors (Lipinski definition) is 0. The van der Waals surface area contributed by atoms with Crippen LogP contribution in [0.3, 0.4) is 0 Å². The van der Waals surface area contributed by atoms with E-state index in [1.807, 2.05) is 13.0 Å². The van der Waals surface area contributed by atoms with E-state index in [4.69, 9.17) is 4.74 Å². The normalized spacial score (nSPS) is 28.7. The number of fused-ring (bicyclic) bond motifs is 1. The van der Waals surface area contributed by atoms with Gasteiger partial charge in [-0.25, -0.2) is 13.2 Å². The quantitative estimate of drug-likeness (QED) is 0.673. The van der Waals surface area contributed by atoms with Crippen molar-refractivity contribution >= 4 is 21.6 Å². The molecule has 5 nitrogen and oxygen atoms in total. The number of ether oxygens (including phenoxy) is 1. The molecule has 2 aromatic rings. The molecule has 0 aliphatic heterocycles. The fraction of sp³-hybridized carbons (Fsp3) is 0.417. The lowest BCUT2D eigenvalue weighted by molar-refractivity contribution is -0.131. The molecule has 0 bridgehead atoms. The monoisotopic (exact) mass is 426 g/mol. The van der Waals surface area contributed by atoms with E-state index in [0.29, 0.717) is 31.2 Å². The molecule has 30 heavy (non-hydrogen) atoms. The Bertz CT molecular complexity index is 1030. The first kappa shape index (κ1) is 20.8. The van der Waals surface area contributed by atoms with Crippen LogP contribution >= 0.6 is 0 Å². The van der Waals surface area contributed by atoms with Crippen LogP contribution in [-0.2, 0) is 19.4 Å². The van der Waals surface area contributed by atoms with Crippen LogP contribution in [0.5, 0.6) is 0 Å². The molecule has 6 heteroatoms. The lowest BCUT2D eigenvalue weighted by Gasteiger charge is -2.43. The van der Waals surface area contributed by atoms with E-state index in [-0.39, 0.29) is 34.4 Å². The van der Waals surface area contributed by atoms with Crippen LogP contribution < -0.4 is 0 Å². The van der Waals surface area contributed by atoms with Crippen molar-refractivity contribution in [2.45, 2.75) is 43.6 Å². The molecule has 0 radical (unpaired) electrons. The Morgan fingerprint density at radius 2 is 1.67 bits per heavy atom. The molecule has 0 heterocycles. The van der Waals surface area contributed by atoms with Crippen LogP contribution in [0.25, 0.3) is 0 Å². The van der Waals surface area contributed by atoms with Gasteiger partial charge in [-0.2, -0.15) is 0 Å². The second kappa shape index (κ2) is 7.99. The maximum absolute atomic E-state index is 12.9. The number of carbonyl (C=O) groups is 2. The summed E-state index contributed by atoms with van der Waals surface area (Å²) in [7, 11) is -3.57. The molecule has 2 aliphatic carbocycles. The second-order valence-corrected chi connectivity index (χ2v) is 10.7. The first-order chi connectivity index (χ1) is 14.3. The number of benzene rings is 2. The number of hydrogen-bond acceptors (Lipinski definition) is 5. The predicted octanol–water partition coefficient (Wildman–Crippen LogP) is 4.08. The molecule has 2 fully saturated rings. The van der Waals surface area contributed by atoms with Crippen LogP contribution in [0.1, 0.15) is 43.0 Å². The van der Waals surface area contributed by atoms with Gasteiger partial charge < -0.3 is 4.74 Å². The van der Waals surface area contributed by atoms with Gasteiger partial charge in [0.15, 0.2) is 9.84 Å². The van der Waals surface area contributed by atoms with Gasteiger partial charge in [0.1, 0.15) is 11.9 Å². The van der Waals surface area contributed by atoms with Gasteiger partial charge in [-0.05, 0) is 49.4 Å². The van der Waals surface area contributed by atoms with Crippen molar-refractivity contribution in [1.82, 2.24) is 0 Å². The summed E-state index contributed by atoms with van der Waals surface area (Å²) in [6.07, 6.45) is 1.95. The third-order valence-corrected chi connectivity index (χ3v) is 8.68. The van der Waals surface area contributed by atoms with E-state index in [9.17, 15) is 18.0 Å². The number of ketones is 1. The third kappa shape index (κ3) is 3.81. The number of Topliss-reactive ketones (excluding diaryl/α,β-unsaturated/α-hetero) is 1. The number of carbonyl (C=O) groups excluding carboxylic acids is 2. The average Bonchev–Trinajstić information content (AvgIpc) is 3.08. The van der Waals surface area contributed by atoms with Gasteiger partial charge in [0.05, 0.1) is 16.2 Å². The predicted molar refractivity (Wildman–Crippen MR) is 113 cm³/mol. The zero-order chi connectivity index (χ0) is 21.4. The summed E-state index contributed by atoms with van der Waals surface area (Å²) in [5, 5.41) is 0. The minimum absolute atomic E-state index is 0.00650. The van der Waals surface area contributed by atoms with E-state index < -0.39 is 21.2 Å². The second-order valence-electron chi connectivity index (χ2n) is 8.62. The van der Waals surface area contributed by atoms with Gasteiger partial charge >= 0.3 is 5.97 Å². The van der Waals surface area contributed by atoms with E-state index in [1.54, 1.807) is 54.6 Å². The third-order valence-electron chi connectivity index (χ3n) is 6.89. The smallest absolute Gasteiger partial charge is 0.338 e. The molecule has 2 unspecified atom stereocenters. The van der Waals surface area contributed by atoms with Crippen molar-refractivity contribution in [2.75, 3.05) is 5.75 Å². The summed E-state index contributed by atoms with van der Waals surface area (Å²) in [5.74, 6) is -1.21. The van der Waals surface area contributed by atoms with E-state index in [1.165, 1.54) is 0 Å². The van der Waals surface area contributed by atoms with Crippen molar-refractivity contribution in [1.29, 1.82) is 0 Å². The van der Waals surface area contributed by atoms with E-state index in [2.05, 4.69) is 0 Å². The molecule has 0 N–H and O–H groups in total. The lowest BCUT2D eigenvalue weighted by atomic mass is 9.63. The van der Waals surface area contributed by atoms with Crippen LogP contribution in [0.2, 0.25) is 0 Å². The molecule has 0 amide bonds. The maximum Gasteiger partial charge on any atom is 0.338 e. The zero-order valence-corrected chi connectivity index (χ0v) is 17.8. The summed E-state index contributed by atoms with van der Waals surface area (Å²) >= 11 is 0. The first-order valence-electron chi connectivity index (χ1n) is 10.4. The summed E-state index contributed by atoms with van der Waals surface area (Å²) in [6, 6.07) is 17.1. The van der Waals surface area contributed by atoms with Gasteiger partial charge in [0.25, 0.3) is 0 Å². The van der Waals surface area contributed by atoms with Crippen molar-refractivity contribution in [2.24, 2.45) is 17.3 Å². The minimum Gasteiger partial charge on any atom is -0.458 e. The van der Waals surface area contributed by atoms with Crippen molar-refractivity contribution in [3.63, 3.8) is 0 Å². The highest BCUT2D eigenvalue weighted by atomic mass is 32.2. The molecular formula is C24H26O5S. The zero-order valence-electron chi connectivity index (χ0n) is 17.0. The van der Waals surface area contributed by atoms with Crippen molar-refractivity contribution in [3.8, 4) is 0 Å². The Hall–Kier alpha value is -2.47. The van der Waals surface area contributed by atoms with Gasteiger partial charge in [-0.1, -0.05) is 43.3 Å². The summed E-state index contributed by atoms with van der Waals surface area (Å²) < 4.78 is 31.8. The van der Waals surface area contributed by atoms with Gasteiger partial charge in [-0.3, -0.25) is 4.79 Å². The van der Waals surface area contributed by atoms with Gasteiger partial charge in [0.2, 0.25) is 0 Å². The molecule has 2 saturated carbocycles. The highest BCUT2D eigenvalue weighted by Gasteiger charge is 2.56. The molecule has 0 spiro atoms. The molecule has 158 valence electrons. The number of esters is 1. The Morgan fingerprint density at radius 3 is 2.33 bits per heavy atom. The van der Waals surface area contributed by atoms with Crippen LogP contribution in [-0.4, -0.2) is 32.0 Å². The Morgan fingerprint density at radius 1 is 1.03 bits per heavy atom. The highest BCUT2D eigenvalue weighted by molar-refractivity contribution is 7.91. The molecule has 4 atom stereocenters. The van der Waals surface area contributed by atoms with Crippen molar-refractivity contribution < 1.29 is 22.7 Å². The van der Waals surface area contributed by atoms with Crippen LogP contribution in [0, 0.1) is 17.3 Å². The number of sulfone groups is 1. The highest BCUT2D eigenvalue weighted by Crippen LogP contribution is 2.55. The Balaban J connectivity index is 1.54. The van der Waals surface area contributed by atoms with Gasteiger partial charge in [0, 0.05) is 17.8 Å². The molecular weight excluding hydrogens is 400 g/mol. The van der Waals surface area contributed by atoms with Crippen LogP contribution in [0.15, 0.2) is 65.6 Å². The average molecular weight is 427 g/mol. The lowest BCUT2D eigenvalue weighted by Crippen LogP contribution is -2.46. The largest absolute Gasteiger partial charge is 0.458 e. The maximum atomic E-state index is 12.9. The first-order valence-corrected chi connectivity index (χ1v) is 12.0. The minimum atomic E-state index is -3.57. The molecule has 4 rings (SSSR count). The topological polar surface area (TPSA) is 77.5 Å². The van der Waals surface area contributed by atoms with Crippen molar-refractivity contribution in [3.05, 3.63) is 66.2 Å². The number of rotatable bonds is 5. The fourth-order valence-corrected chi connectivity index (χ4v) is 6.83. The summed E-state index contributed by atoms with van der Waals surface area (Å²) in [6.45, 7) is 2.04. The standard InChI is InChI=1S/C24H26O5S/c1-24-15-14-21(25)19(16-30(27,28)18-10-6-3-7-11-18)20(24)12-13-22(24)29-23(26)17-8-4-2-5-9-17/h2-11,19-20,22H,12-16H2,1H3/t19?,20?,22-,24-/m0/s1. The van der Waals surface area contributed by atoms with Crippen LogP contribution in [0.4, 0.5) is 0 Å². The summed E-state index contributed by atoms with van der Waals surface area (Å²) in [5.41, 5.74) is 0.106.